The van der Waals surface area contributed by atoms with E-state index in [0.29, 0.717) is 5.69 Å². The number of anilines is 1. The molecule has 0 spiro atoms. The summed E-state index contributed by atoms with van der Waals surface area (Å²) in [7, 11) is -3.68. The smallest absolute Gasteiger partial charge is 0.264 e. The Morgan fingerprint density at radius 2 is 1.97 bits per heavy atom. The van der Waals surface area contributed by atoms with Crippen LogP contribution in [0.2, 0.25) is 0 Å². The number of carbonyl (C=O) groups is 5. The number of piperidine rings is 1. The minimum absolute atomic E-state index is 0.0278. The first-order chi connectivity index (χ1) is 16.0. The molecule has 5 N–H and O–H groups in total. The average molecular weight is 496 g/mol. The molecule has 1 aromatic carbocycles. The molecule has 14 heteroatoms. The lowest BCUT2D eigenvalue weighted by Crippen LogP contribution is -2.54. The molecule has 2 atom stereocenters. The molecule has 1 saturated heterocycles. The SMILES string of the molecule is CC(OCCNc1cccc2c1C(=O)N(C1CCC(=O)NC1=O)C2=O)C(=O)NCCS(N)(=O)=O. The molecule has 1 fully saturated rings. The van der Waals surface area contributed by atoms with Gasteiger partial charge in [0.15, 0.2) is 0 Å². The topological polar surface area (TPSA) is 194 Å². The molecule has 5 amide bonds. The highest BCUT2D eigenvalue weighted by atomic mass is 32.2. The summed E-state index contributed by atoms with van der Waals surface area (Å²) in [5, 5.41) is 12.4. The van der Waals surface area contributed by atoms with Crippen LogP contribution in [0.5, 0.6) is 0 Å². The van der Waals surface area contributed by atoms with Crippen LogP contribution in [0.25, 0.3) is 0 Å². The van der Waals surface area contributed by atoms with Gasteiger partial charge in [-0.2, -0.15) is 0 Å². The molecular formula is C20H25N5O8S. The Morgan fingerprint density at radius 1 is 1.24 bits per heavy atom. The van der Waals surface area contributed by atoms with Crippen molar-refractivity contribution in [3.05, 3.63) is 29.3 Å². The van der Waals surface area contributed by atoms with Crippen LogP contribution in [-0.4, -0.2) is 80.4 Å². The summed E-state index contributed by atoms with van der Waals surface area (Å²) in [5.74, 6) is -3.29. The van der Waals surface area contributed by atoms with Crippen molar-refractivity contribution in [1.29, 1.82) is 0 Å². The minimum atomic E-state index is -3.68. The second-order valence-corrected chi connectivity index (χ2v) is 9.51. The fraction of sp³-hybridized carbons (Fsp3) is 0.450. The Hall–Kier alpha value is -3.36. The number of hydrogen-bond donors (Lipinski definition) is 4. The first kappa shape index (κ1) is 25.3. The summed E-state index contributed by atoms with van der Waals surface area (Å²) in [6.07, 6.45) is -0.778. The van der Waals surface area contributed by atoms with E-state index in [1.165, 1.54) is 13.0 Å². The van der Waals surface area contributed by atoms with Gasteiger partial charge in [-0.15, -0.1) is 0 Å². The number of amides is 5. The number of benzene rings is 1. The van der Waals surface area contributed by atoms with E-state index in [1.807, 2.05) is 0 Å². The Bertz CT molecular complexity index is 1140. The Balaban J connectivity index is 1.56. The molecule has 184 valence electrons. The highest BCUT2D eigenvalue weighted by Crippen LogP contribution is 2.32. The maximum atomic E-state index is 13.0. The Labute approximate surface area is 195 Å². The number of imide groups is 2. The third-order valence-electron chi connectivity index (χ3n) is 5.31. The quantitative estimate of drug-likeness (QED) is 0.216. The van der Waals surface area contributed by atoms with Crippen LogP contribution in [0, 0.1) is 0 Å². The molecule has 0 aliphatic carbocycles. The normalized spacial score (nSPS) is 19.0. The summed E-state index contributed by atoms with van der Waals surface area (Å²) in [6.45, 7) is 1.60. The molecule has 2 aliphatic rings. The van der Waals surface area contributed by atoms with Crippen LogP contribution in [0.3, 0.4) is 0 Å². The van der Waals surface area contributed by atoms with Crippen molar-refractivity contribution in [3.63, 3.8) is 0 Å². The molecule has 1 aromatic rings. The van der Waals surface area contributed by atoms with Gasteiger partial charge < -0.3 is 15.4 Å². The van der Waals surface area contributed by atoms with Gasteiger partial charge in [0.1, 0.15) is 12.1 Å². The van der Waals surface area contributed by atoms with Crippen molar-refractivity contribution >= 4 is 45.2 Å². The summed E-state index contributed by atoms with van der Waals surface area (Å²) < 4.78 is 27.2. The largest absolute Gasteiger partial charge is 0.382 e. The lowest BCUT2D eigenvalue weighted by atomic mass is 10.0. The first-order valence-electron chi connectivity index (χ1n) is 10.5. The second kappa shape index (κ2) is 10.3. The van der Waals surface area contributed by atoms with Crippen LogP contribution < -0.4 is 21.1 Å². The van der Waals surface area contributed by atoms with Gasteiger partial charge in [-0.1, -0.05) is 6.07 Å². The maximum Gasteiger partial charge on any atom is 0.264 e. The van der Waals surface area contributed by atoms with E-state index in [-0.39, 0.29) is 43.7 Å². The molecule has 0 aromatic heterocycles. The molecule has 2 aliphatic heterocycles. The van der Waals surface area contributed by atoms with E-state index in [2.05, 4.69) is 16.0 Å². The molecule has 0 radical (unpaired) electrons. The van der Waals surface area contributed by atoms with E-state index >= 15 is 0 Å². The van der Waals surface area contributed by atoms with E-state index in [9.17, 15) is 32.4 Å². The van der Waals surface area contributed by atoms with Crippen molar-refractivity contribution in [3.8, 4) is 0 Å². The molecule has 0 bridgehead atoms. The standard InChI is InChI=1S/C20H25N5O8S/c1-11(17(27)23-8-10-34(21,31)32)33-9-7-22-13-4-2-3-12-16(13)20(30)25(19(12)29)14-5-6-15(26)24-18(14)28/h2-4,11,14,22H,5-10H2,1H3,(H,23,27)(H2,21,31,32)(H,24,26,28). The third-order valence-corrected chi connectivity index (χ3v) is 6.08. The van der Waals surface area contributed by atoms with Crippen LogP contribution in [0.4, 0.5) is 5.69 Å². The lowest BCUT2D eigenvalue weighted by Gasteiger charge is -2.27. The zero-order valence-electron chi connectivity index (χ0n) is 18.3. The molecule has 34 heavy (non-hydrogen) atoms. The summed E-state index contributed by atoms with van der Waals surface area (Å²) in [4.78, 5) is 62.2. The van der Waals surface area contributed by atoms with Gasteiger partial charge in [0.05, 0.1) is 23.5 Å². The molecule has 13 nitrogen and oxygen atoms in total. The van der Waals surface area contributed by atoms with E-state index in [1.54, 1.807) is 12.1 Å². The first-order valence-corrected chi connectivity index (χ1v) is 12.2. The van der Waals surface area contributed by atoms with Gasteiger partial charge in [-0.05, 0) is 25.5 Å². The predicted molar refractivity (Wildman–Crippen MR) is 118 cm³/mol. The number of rotatable bonds is 10. The molecule has 3 rings (SSSR count). The van der Waals surface area contributed by atoms with Crippen molar-refractivity contribution in [2.24, 2.45) is 5.14 Å². The van der Waals surface area contributed by atoms with Crippen LogP contribution in [0.1, 0.15) is 40.5 Å². The third kappa shape index (κ3) is 5.76. The summed E-state index contributed by atoms with van der Waals surface area (Å²) in [5.41, 5.74) is 0.619. The Kier molecular flexibility index (Phi) is 7.64. The average Bonchev–Trinajstić information content (AvgIpc) is 3.01. The number of fused-ring (bicyclic) bond motifs is 1. The number of sulfonamides is 1. The van der Waals surface area contributed by atoms with Gasteiger partial charge >= 0.3 is 0 Å². The van der Waals surface area contributed by atoms with Crippen LogP contribution in [-0.2, 0) is 29.1 Å². The highest BCUT2D eigenvalue weighted by molar-refractivity contribution is 7.89. The molecule has 2 unspecified atom stereocenters. The van der Waals surface area contributed by atoms with Crippen molar-refractivity contribution in [1.82, 2.24) is 15.5 Å². The van der Waals surface area contributed by atoms with E-state index < -0.39 is 57.5 Å². The zero-order valence-corrected chi connectivity index (χ0v) is 19.1. The van der Waals surface area contributed by atoms with Gasteiger partial charge in [-0.25, -0.2) is 13.6 Å². The number of carbonyl (C=O) groups excluding carboxylic acids is 5. The van der Waals surface area contributed by atoms with E-state index in [4.69, 9.17) is 9.88 Å². The van der Waals surface area contributed by atoms with Crippen LogP contribution in [0.15, 0.2) is 18.2 Å². The van der Waals surface area contributed by atoms with Crippen molar-refractivity contribution in [2.75, 3.05) is 30.8 Å². The van der Waals surface area contributed by atoms with Gasteiger partial charge in [0, 0.05) is 25.2 Å². The van der Waals surface area contributed by atoms with Crippen molar-refractivity contribution in [2.45, 2.75) is 31.9 Å². The minimum Gasteiger partial charge on any atom is -0.382 e. The molecule has 0 saturated carbocycles. The number of nitrogens with zero attached hydrogens (tertiary/aromatic N) is 1. The van der Waals surface area contributed by atoms with Gasteiger partial charge in [0.2, 0.25) is 27.7 Å². The van der Waals surface area contributed by atoms with Gasteiger partial charge in [0.25, 0.3) is 11.8 Å². The van der Waals surface area contributed by atoms with Crippen molar-refractivity contribution < 1.29 is 37.1 Å². The fourth-order valence-corrected chi connectivity index (χ4v) is 4.01. The predicted octanol–water partition coefficient (Wildman–Crippen LogP) is -1.69. The number of primary sulfonamides is 1. The number of ether oxygens (including phenoxy) is 1. The lowest BCUT2D eigenvalue weighted by molar-refractivity contribution is -0.136. The number of nitrogens with one attached hydrogen (secondary N) is 3. The molecular weight excluding hydrogens is 470 g/mol. The Morgan fingerprint density at radius 3 is 2.65 bits per heavy atom. The van der Waals surface area contributed by atoms with E-state index in [0.717, 1.165) is 4.90 Å². The monoisotopic (exact) mass is 495 g/mol. The highest BCUT2D eigenvalue weighted by Gasteiger charge is 2.45. The fourth-order valence-electron chi connectivity index (χ4n) is 3.62. The summed E-state index contributed by atoms with van der Waals surface area (Å²) in [6, 6.07) is 3.61. The number of nitrogens with two attached hydrogens (primary N) is 1. The summed E-state index contributed by atoms with van der Waals surface area (Å²) >= 11 is 0. The van der Waals surface area contributed by atoms with Gasteiger partial charge in [-0.3, -0.25) is 34.2 Å². The molecule has 2 heterocycles. The second-order valence-electron chi connectivity index (χ2n) is 7.77. The number of hydrogen-bond acceptors (Lipinski definition) is 9. The maximum absolute atomic E-state index is 13.0. The zero-order chi connectivity index (χ0) is 25.0. The van der Waals surface area contributed by atoms with Crippen LogP contribution >= 0.6 is 0 Å².